The second kappa shape index (κ2) is 6.43. The van der Waals surface area contributed by atoms with Gasteiger partial charge >= 0.3 is 0 Å². The van der Waals surface area contributed by atoms with Crippen molar-refractivity contribution in [3.8, 4) is 0 Å². The molecule has 0 saturated carbocycles. The Kier molecular flexibility index (Phi) is 4.59. The smallest absolute Gasteiger partial charge is 0.296 e. The molecule has 0 bridgehead atoms. The van der Waals surface area contributed by atoms with Crippen molar-refractivity contribution >= 4 is 23.3 Å². The van der Waals surface area contributed by atoms with E-state index in [1.165, 1.54) is 13.1 Å². The Morgan fingerprint density at radius 3 is 2.43 bits per heavy atom. The van der Waals surface area contributed by atoms with Gasteiger partial charge in [-0.05, 0) is 32.0 Å². The summed E-state index contributed by atoms with van der Waals surface area (Å²) >= 11 is 0. The van der Waals surface area contributed by atoms with E-state index in [1.807, 2.05) is 0 Å². The predicted octanol–water partition coefficient (Wildman–Crippen LogP) is 1.22. The molecule has 7 nitrogen and oxygen atoms in total. The van der Waals surface area contributed by atoms with Crippen molar-refractivity contribution in [3.05, 3.63) is 46.8 Å². The Bertz CT molecular complexity index is 793. The van der Waals surface area contributed by atoms with E-state index >= 15 is 0 Å². The van der Waals surface area contributed by atoms with Crippen molar-refractivity contribution in [1.82, 2.24) is 15.1 Å². The van der Waals surface area contributed by atoms with Gasteiger partial charge in [0, 0.05) is 31.0 Å². The number of hydrogen-bond donors (Lipinski definition) is 2. The van der Waals surface area contributed by atoms with E-state index in [0.29, 0.717) is 28.2 Å². The minimum atomic E-state index is -0.766. The quantitative estimate of drug-likeness (QED) is 0.655. The fourth-order valence-corrected chi connectivity index (χ4v) is 2.29. The molecule has 0 atom stereocenters. The fraction of sp³-hybridized carbons (Fsp3) is 0.250. The summed E-state index contributed by atoms with van der Waals surface area (Å²) in [7, 11) is 3.23. The highest BCUT2D eigenvalue weighted by atomic mass is 16.2. The molecule has 1 aromatic heterocycles. The normalized spacial score (nSPS) is 10.3. The summed E-state index contributed by atoms with van der Waals surface area (Å²) in [5.41, 5.74) is 2.20. The lowest BCUT2D eigenvalue weighted by atomic mass is 10.1. The minimum absolute atomic E-state index is 0.272. The van der Waals surface area contributed by atoms with Crippen LogP contribution in [-0.4, -0.2) is 34.4 Å². The number of carbonyl (C=O) groups excluding carboxylic acids is 3. The van der Waals surface area contributed by atoms with Crippen LogP contribution in [0.15, 0.2) is 24.3 Å². The molecule has 0 aliphatic rings. The molecule has 120 valence electrons. The number of nitrogens with zero attached hydrogens (tertiary/aromatic N) is 2. The maximum Gasteiger partial charge on any atom is 0.296 e. The van der Waals surface area contributed by atoms with Crippen LogP contribution in [0.5, 0.6) is 0 Å². The molecular formula is C16H18N4O3. The summed E-state index contributed by atoms with van der Waals surface area (Å²) in [5.74, 6) is -1.69. The first-order chi connectivity index (χ1) is 10.8. The van der Waals surface area contributed by atoms with Gasteiger partial charge in [0.2, 0.25) is 0 Å². The first-order valence-corrected chi connectivity index (χ1v) is 7.03. The number of anilines is 1. The van der Waals surface area contributed by atoms with Gasteiger partial charge in [-0.25, -0.2) is 0 Å². The molecule has 0 radical (unpaired) electrons. The lowest BCUT2D eigenvalue weighted by Crippen LogP contribution is -2.24. The second-order valence-corrected chi connectivity index (χ2v) is 5.11. The van der Waals surface area contributed by atoms with E-state index in [1.54, 1.807) is 43.8 Å². The zero-order valence-corrected chi connectivity index (χ0v) is 13.4. The summed E-state index contributed by atoms with van der Waals surface area (Å²) in [6, 6.07) is 6.37. The lowest BCUT2D eigenvalue weighted by Gasteiger charge is -2.07. The Morgan fingerprint density at radius 1 is 1.17 bits per heavy atom. The summed E-state index contributed by atoms with van der Waals surface area (Å²) in [4.78, 5) is 36.1. The molecule has 0 fully saturated rings. The number of nitrogens with one attached hydrogen (secondary N) is 2. The van der Waals surface area contributed by atoms with Crippen LogP contribution in [0.3, 0.4) is 0 Å². The van der Waals surface area contributed by atoms with Crippen LogP contribution in [0.2, 0.25) is 0 Å². The lowest BCUT2D eigenvalue weighted by molar-refractivity contribution is -0.112. The SMILES string of the molecule is CNC(=O)c1cccc(NC(=O)C(=O)c2c(C)nn(C)c2C)c1. The number of aryl methyl sites for hydroxylation is 2. The Labute approximate surface area is 133 Å². The van der Waals surface area contributed by atoms with E-state index < -0.39 is 11.7 Å². The number of amides is 2. The van der Waals surface area contributed by atoms with Gasteiger partial charge in [0.15, 0.2) is 0 Å². The highest BCUT2D eigenvalue weighted by Gasteiger charge is 2.24. The number of benzene rings is 1. The Balaban J connectivity index is 2.22. The van der Waals surface area contributed by atoms with Gasteiger partial charge in [0.05, 0.1) is 11.3 Å². The molecule has 7 heteroatoms. The molecule has 0 aliphatic carbocycles. The fourth-order valence-electron chi connectivity index (χ4n) is 2.29. The minimum Gasteiger partial charge on any atom is -0.355 e. The Morgan fingerprint density at radius 2 is 1.87 bits per heavy atom. The van der Waals surface area contributed by atoms with Crippen LogP contribution in [0.25, 0.3) is 0 Å². The molecule has 0 aliphatic heterocycles. The van der Waals surface area contributed by atoms with E-state index in [2.05, 4.69) is 15.7 Å². The predicted molar refractivity (Wildman–Crippen MR) is 85.5 cm³/mol. The van der Waals surface area contributed by atoms with Crippen LogP contribution in [0.1, 0.15) is 32.1 Å². The van der Waals surface area contributed by atoms with E-state index in [-0.39, 0.29) is 5.91 Å². The summed E-state index contributed by atoms with van der Waals surface area (Å²) in [5, 5.41) is 9.15. The standard InChI is InChI=1S/C16H18N4O3/c1-9-13(10(2)20(4)19-9)14(21)16(23)18-12-7-5-6-11(8-12)15(22)17-3/h5-8H,1-4H3,(H,17,22)(H,18,23). The largest absolute Gasteiger partial charge is 0.355 e. The number of hydrogen-bond acceptors (Lipinski definition) is 4. The second-order valence-electron chi connectivity index (χ2n) is 5.11. The zero-order chi connectivity index (χ0) is 17.1. The van der Waals surface area contributed by atoms with E-state index in [9.17, 15) is 14.4 Å². The van der Waals surface area contributed by atoms with Crippen molar-refractivity contribution in [2.24, 2.45) is 7.05 Å². The van der Waals surface area contributed by atoms with Crippen molar-refractivity contribution < 1.29 is 14.4 Å². The average Bonchev–Trinajstić information content (AvgIpc) is 2.78. The third kappa shape index (κ3) is 3.28. The van der Waals surface area contributed by atoms with Crippen LogP contribution >= 0.6 is 0 Å². The number of aromatic nitrogens is 2. The van der Waals surface area contributed by atoms with Gasteiger partial charge in [0.1, 0.15) is 0 Å². The zero-order valence-electron chi connectivity index (χ0n) is 13.4. The Hall–Kier alpha value is -2.96. The van der Waals surface area contributed by atoms with Crippen molar-refractivity contribution in [1.29, 1.82) is 0 Å². The number of ketones is 1. The molecular weight excluding hydrogens is 296 g/mol. The monoisotopic (exact) mass is 314 g/mol. The molecule has 1 heterocycles. The van der Waals surface area contributed by atoms with Gasteiger partial charge in [-0.3, -0.25) is 19.1 Å². The maximum atomic E-state index is 12.3. The third-order valence-electron chi connectivity index (χ3n) is 3.55. The van der Waals surface area contributed by atoms with Crippen LogP contribution in [-0.2, 0) is 11.8 Å². The van der Waals surface area contributed by atoms with Crippen molar-refractivity contribution in [2.45, 2.75) is 13.8 Å². The maximum absolute atomic E-state index is 12.3. The van der Waals surface area contributed by atoms with Crippen LogP contribution in [0, 0.1) is 13.8 Å². The van der Waals surface area contributed by atoms with E-state index in [4.69, 9.17) is 0 Å². The topological polar surface area (TPSA) is 93.1 Å². The van der Waals surface area contributed by atoms with E-state index in [0.717, 1.165) is 0 Å². The van der Waals surface area contributed by atoms with Gasteiger partial charge < -0.3 is 10.6 Å². The highest BCUT2D eigenvalue weighted by Crippen LogP contribution is 2.15. The third-order valence-corrected chi connectivity index (χ3v) is 3.55. The highest BCUT2D eigenvalue weighted by molar-refractivity contribution is 6.47. The van der Waals surface area contributed by atoms with Crippen molar-refractivity contribution in [2.75, 3.05) is 12.4 Å². The molecule has 0 unspecified atom stereocenters. The summed E-state index contributed by atoms with van der Waals surface area (Å²) in [6.45, 7) is 3.41. The van der Waals surface area contributed by atoms with Crippen molar-refractivity contribution in [3.63, 3.8) is 0 Å². The molecule has 2 amide bonds. The molecule has 2 N–H and O–H groups in total. The number of rotatable bonds is 4. The molecule has 0 spiro atoms. The summed E-state index contributed by atoms with van der Waals surface area (Å²) in [6.07, 6.45) is 0. The van der Waals surface area contributed by atoms with Crippen LogP contribution in [0.4, 0.5) is 5.69 Å². The van der Waals surface area contributed by atoms with Crippen LogP contribution < -0.4 is 10.6 Å². The molecule has 23 heavy (non-hydrogen) atoms. The molecule has 2 rings (SSSR count). The average molecular weight is 314 g/mol. The number of Topliss-reactive ketones (excluding diaryl/α,β-unsaturated/α-hetero) is 1. The van der Waals surface area contributed by atoms with Gasteiger partial charge in [-0.15, -0.1) is 0 Å². The van der Waals surface area contributed by atoms with Gasteiger partial charge in [0.25, 0.3) is 17.6 Å². The molecule has 1 aromatic carbocycles. The first kappa shape index (κ1) is 16.4. The first-order valence-electron chi connectivity index (χ1n) is 7.03. The molecule has 2 aromatic rings. The summed E-state index contributed by atoms with van der Waals surface area (Å²) < 4.78 is 1.56. The number of carbonyl (C=O) groups is 3. The van der Waals surface area contributed by atoms with Gasteiger partial charge in [-0.2, -0.15) is 5.10 Å². The van der Waals surface area contributed by atoms with Gasteiger partial charge in [-0.1, -0.05) is 6.07 Å². The molecule has 0 saturated heterocycles.